The van der Waals surface area contributed by atoms with Crippen molar-refractivity contribution in [3.63, 3.8) is 0 Å². The highest BCUT2D eigenvalue weighted by Gasteiger charge is 2.15. The zero-order valence-corrected chi connectivity index (χ0v) is 12.5. The van der Waals surface area contributed by atoms with Gasteiger partial charge in [-0.25, -0.2) is 4.79 Å². The van der Waals surface area contributed by atoms with Gasteiger partial charge in [0.15, 0.2) is 0 Å². The van der Waals surface area contributed by atoms with Crippen molar-refractivity contribution in [3.05, 3.63) is 32.3 Å². The lowest BCUT2D eigenvalue weighted by Gasteiger charge is -2.12. The van der Waals surface area contributed by atoms with Crippen molar-refractivity contribution in [1.82, 2.24) is 14.5 Å². The van der Waals surface area contributed by atoms with Crippen LogP contribution in [-0.2, 0) is 17.9 Å². The van der Waals surface area contributed by atoms with Gasteiger partial charge in [0.1, 0.15) is 11.2 Å². The van der Waals surface area contributed by atoms with Crippen molar-refractivity contribution in [2.24, 2.45) is 0 Å². The summed E-state index contributed by atoms with van der Waals surface area (Å²) >= 11 is 1.28. The fourth-order valence-electron chi connectivity index (χ4n) is 2.08. The third-order valence-corrected chi connectivity index (χ3v) is 3.80. The molecule has 7 heteroatoms. The predicted octanol–water partition coefficient (Wildman–Crippen LogP) is 0.769. The van der Waals surface area contributed by atoms with Crippen molar-refractivity contribution in [2.45, 2.75) is 39.9 Å². The zero-order chi connectivity index (χ0) is 14.9. The number of carbonyl (C=O) groups is 1. The van der Waals surface area contributed by atoms with E-state index in [9.17, 15) is 14.4 Å². The van der Waals surface area contributed by atoms with Gasteiger partial charge in [-0.05, 0) is 32.2 Å². The molecular weight excluding hydrogens is 278 g/mol. The summed E-state index contributed by atoms with van der Waals surface area (Å²) in [5.41, 5.74) is -0.209. The van der Waals surface area contributed by atoms with E-state index in [1.54, 1.807) is 18.4 Å². The van der Waals surface area contributed by atoms with Gasteiger partial charge in [0.05, 0.1) is 5.52 Å². The molecule has 1 N–H and O–H groups in total. The Kier molecular flexibility index (Phi) is 4.08. The molecule has 108 valence electrons. The molecule has 0 aromatic carbocycles. The monoisotopic (exact) mass is 295 g/mol. The van der Waals surface area contributed by atoms with Crippen molar-refractivity contribution in [1.29, 1.82) is 0 Å². The highest BCUT2D eigenvalue weighted by atomic mass is 32.1. The molecule has 2 heterocycles. The van der Waals surface area contributed by atoms with Crippen LogP contribution in [0.15, 0.2) is 21.0 Å². The Morgan fingerprint density at radius 2 is 2.05 bits per heavy atom. The number of hydrogen-bond donors (Lipinski definition) is 1. The summed E-state index contributed by atoms with van der Waals surface area (Å²) in [5, 5.41) is 4.50. The number of nitrogens with one attached hydrogen (secondary N) is 1. The van der Waals surface area contributed by atoms with Crippen molar-refractivity contribution in [2.75, 3.05) is 0 Å². The Bertz CT molecular complexity index is 754. The fourth-order valence-corrected chi connectivity index (χ4v) is 2.92. The van der Waals surface area contributed by atoms with Gasteiger partial charge in [-0.15, -0.1) is 11.3 Å². The molecule has 0 atom stereocenters. The normalized spacial score (nSPS) is 11.2. The molecule has 0 spiro atoms. The lowest BCUT2D eigenvalue weighted by atomic mass is 10.3. The minimum Gasteiger partial charge on any atom is -0.352 e. The molecule has 0 saturated heterocycles. The van der Waals surface area contributed by atoms with Gasteiger partial charge in [0.25, 0.3) is 5.56 Å². The van der Waals surface area contributed by atoms with E-state index in [-0.39, 0.29) is 30.6 Å². The second-order valence-electron chi connectivity index (χ2n) is 4.78. The minimum atomic E-state index is -0.442. The first kappa shape index (κ1) is 14.5. The van der Waals surface area contributed by atoms with Crippen LogP contribution < -0.4 is 16.6 Å². The molecule has 2 aromatic rings. The molecule has 0 fully saturated rings. The van der Waals surface area contributed by atoms with Crippen molar-refractivity contribution >= 4 is 27.5 Å². The van der Waals surface area contributed by atoms with Crippen LogP contribution in [0.2, 0.25) is 0 Å². The third-order valence-electron chi connectivity index (χ3n) is 2.90. The van der Waals surface area contributed by atoms with Crippen LogP contribution >= 0.6 is 11.3 Å². The maximum atomic E-state index is 12.3. The quantitative estimate of drug-likeness (QED) is 0.905. The number of nitrogens with zero attached hydrogens (tertiary/aromatic N) is 2. The van der Waals surface area contributed by atoms with E-state index in [1.807, 2.05) is 13.8 Å². The molecule has 0 saturated carbocycles. The molecule has 0 radical (unpaired) electrons. The number of aromatic nitrogens is 2. The third kappa shape index (κ3) is 2.53. The van der Waals surface area contributed by atoms with Crippen LogP contribution in [-0.4, -0.2) is 21.1 Å². The number of rotatable bonds is 4. The summed E-state index contributed by atoms with van der Waals surface area (Å²) in [6, 6.07) is 1.71. The first-order valence-corrected chi connectivity index (χ1v) is 7.33. The molecule has 20 heavy (non-hydrogen) atoms. The standard InChI is InChI=1S/C13H17N3O3S/c1-4-15-12(18)11-9(5-6-20-11)16(13(15)19)7-10(17)14-8(2)3/h5-6,8H,4,7H2,1-3H3,(H,14,17). The Labute approximate surface area is 119 Å². The van der Waals surface area contributed by atoms with Gasteiger partial charge in [0.2, 0.25) is 5.91 Å². The smallest absolute Gasteiger partial charge is 0.331 e. The molecule has 0 bridgehead atoms. The summed E-state index contributed by atoms with van der Waals surface area (Å²) in [6.07, 6.45) is 0. The van der Waals surface area contributed by atoms with E-state index in [0.29, 0.717) is 10.2 Å². The minimum absolute atomic E-state index is 0.00764. The fraction of sp³-hybridized carbons (Fsp3) is 0.462. The number of carbonyl (C=O) groups excluding carboxylic acids is 1. The molecule has 1 amide bonds. The summed E-state index contributed by atoms with van der Waals surface area (Å²) in [7, 11) is 0. The van der Waals surface area contributed by atoms with E-state index in [4.69, 9.17) is 0 Å². The number of thiophene rings is 1. The molecule has 0 aliphatic carbocycles. The number of fused-ring (bicyclic) bond motifs is 1. The molecular formula is C13H17N3O3S. The Morgan fingerprint density at radius 1 is 1.35 bits per heavy atom. The number of amides is 1. The largest absolute Gasteiger partial charge is 0.352 e. The first-order valence-electron chi connectivity index (χ1n) is 6.46. The van der Waals surface area contributed by atoms with E-state index in [0.717, 1.165) is 4.57 Å². The van der Waals surface area contributed by atoms with E-state index < -0.39 is 5.69 Å². The average molecular weight is 295 g/mol. The summed E-state index contributed by atoms with van der Waals surface area (Å²) in [5.74, 6) is -0.240. The topological polar surface area (TPSA) is 73.1 Å². The molecule has 2 rings (SSSR count). The second kappa shape index (κ2) is 5.62. The molecule has 0 aliphatic heterocycles. The van der Waals surface area contributed by atoms with Gasteiger partial charge >= 0.3 is 5.69 Å². The number of hydrogen-bond acceptors (Lipinski definition) is 4. The predicted molar refractivity (Wildman–Crippen MR) is 79.3 cm³/mol. The van der Waals surface area contributed by atoms with Gasteiger partial charge in [0, 0.05) is 12.6 Å². The van der Waals surface area contributed by atoms with Gasteiger partial charge in [-0.3, -0.25) is 18.7 Å². The van der Waals surface area contributed by atoms with Crippen LogP contribution in [0.5, 0.6) is 0 Å². The summed E-state index contributed by atoms with van der Waals surface area (Å²) in [6.45, 7) is 5.66. The Hall–Kier alpha value is -1.89. The van der Waals surface area contributed by atoms with Crippen molar-refractivity contribution < 1.29 is 4.79 Å². The highest BCUT2D eigenvalue weighted by Crippen LogP contribution is 2.14. The average Bonchev–Trinajstić information content (AvgIpc) is 2.83. The Morgan fingerprint density at radius 3 is 2.65 bits per heavy atom. The van der Waals surface area contributed by atoms with Crippen LogP contribution in [0.1, 0.15) is 20.8 Å². The van der Waals surface area contributed by atoms with Crippen LogP contribution in [0.25, 0.3) is 10.2 Å². The Balaban J connectivity index is 2.58. The first-order chi connectivity index (χ1) is 9.45. The van der Waals surface area contributed by atoms with Gasteiger partial charge in [-0.1, -0.05) is 0 Å². The van der Waals surface area contributed by atoms with E-state index in [2.05, 4.69) is 5.32 Å². The molecule has 6 nitrogen and oxygen atoms in total. The maximum Gasteiger partial charge on any atom is 0.331 e. The molecule has 2 aromatic heterocycles. The van der Waals surface area contributed by atoms with Gasteiger partial charge in [-0.2, -0.15) is 0 Å². The molecule has 0 aliphatic rings. The van der Waals surface area contributed by atoms with Crippen LogP contribution in [0.4, 0.5) is 0 Å². The SMILES string of the molecule is CCn1c(=O)c2sccc2n(CC(=O)NC(C)C)c1=O. The highest BCUT2D eigenvalue weighted by molar-refractivity contribution is 7.17. The molecule has 0 unspecified atom stereocenters. The van der Waals surface area contributed by atoms with Crippen LogP contribution in [0, 0.1) is 0 Å². The maximum absolute atomic E-state index is 12.3. The van der Waals surface area contributed by atoms with Crippen LogP contribution in [0.3, 0.4) is 0 Å². The summed E-state index contributed by atoms with van der Waals surface area (Å²) in [4.78, 5) is 36.3. The lowest BCUT2D eigenvalue weighted by Crippen LogP contribution is -2.42. The van der Waals surface area contributed by atoms with E-state index >= 15 is 0 Å². The van der Waals surface area contributed by atoms with Crippen molar-refractivity contribution in [3.8, 4) is 0 Å². The summed E-state index contributed by atoms with van der Waals surface area (Å²) < 4.78 is 3.01. The van der Waals surface area contributed by atoms with Gasteiger partial charge < -0.3 is 5.32 Å². The van der Waals surface area contributed by atoms with E-state index in [1.165, 1.54) is 15.9 Å². The second-order valence-corrected chi connectivity index (χ2v) is 5.69. The zero-order valence-electron chi connectivity index (χ0n) is 11.7. The lowest BCUT2D eigenvalue weighted by molar-refractivity contribution is -0.122.